The average Bonchev–Trinajstić information content (AvgIpc) is 2.37. The number of halogens is 1. The fourth-order valence-electron chi connectivity index (χ4n) is 1.64. The molecule has 2 N–H and O–H groups in total. The Morgan fingerprint density at radius 2 is 2.21 bits per heavy atom. The molecule has 1 rings (SSSR count). The third kappa shape index (κ3) is 4.01. The summed E-state index contributed by atoms with van der Waals surface area (Å²) >= 11 is 6.13. The quantitative estimate of drug-likeness (QED) is 0.805. The van der Waals surface area contributed by atoms with Gasteiger partial charge in [-0.1, -0.05) is 18.5 Å². The highest BCUT2D eigenvalue weighted by Gasteiger charge is 2.21. The standard InChI is InChI=1S/C13H18ClNO4/c1-4-10(13(16)17)19-12-9(14)5-8(7-15-2)6-11(12)18-3/h5-6,10,15H,4,7H2,1-3H3,(H,16,17). The van der Waals surface area contributed by atoms with Crippen molar-refractivity contribution in [1.29, 1.82) is 0 Å². The molecule has 0 radical (unpaired) electrons. The fraction of sp³-hybridized carbons (Fsp3) is 0.462. The predicted octanol–water partition coefficient (Wildman–Crippen LogP) is 2.31. The van der Waals surface area contributed by atoms with Crippen LogP contribution in [0.5, 0.6) is 11.5 Å². The molecule has 19 heavy (non-hydrogen) atoms. The van der Waals surface area contributed by atoms with Crippen molar-refractivity contribution >= 4 is 17.6 Å². The van der Waals surface area contributed by atoms with Gasteiger partial charge in [0.2, 0.25) is 0 Å². The van der Waals surface area contributed by atoms with Gasteiger partial charge < -0.3 is 19.9 Å². The summed E-state index contributed by atoms with van der Waals surface area (Å²) in [4.78, 5) is 11.0. The first-order valence-electron chi connectivity index (χ1n) is 5.93. The van der Waals surface area contributed by atoms with E-state index in [0.717, 1.165) is 5.56 Å². The maximum Gasteiger partial charge on any atom is 0.344 e. The van der Waals surface area contributed by atoms with Gasteiger partial charge in [0.1, 0.15) is 0 Å². The summed E-state index contributed by atoms with van der Waals surface area (Å²) in [5, 5.41) is 12.3. The van der Waals surface area contributed by atoms with Crippen LogP contribution >= 0.6 is 11.6 Å². The minimum Gasteiger partial charge on any atom is -0.493 e. The third-order valence-electron chi connectivity index (χ3n) is 2.58. The van der Waals surface area contributed by atoms with Crippen molar-refractivity contribution in [3.63, 3.8) is 0 Å². The molecule has 0 aliphatic carbocycles. The molecule has 1 atom stereocenters. The molecule has 1 aromatic carbocycles. The van der Waals surface area contributed by atoms with Gasteiger partial charge in [0, 0.05) is 6.54 Å². The molecule has 5 nitrogen and oxygen atoms in total. The second-order valence-electron chi connectivity index (χ2n) is 3.99. The van der Waals surface area contributed by atoms with E-state index >= 15 is 0 Å². The Morgan fingerprint density at radius 1 is 1.53 bits per heavy atom. The van der Waals surface area contributed by atoms with Crippen molar-refractivity contribution in [1.82, 2.24) is 5.32 Å². The number of methoxy groups -OCH3 is 1. The number of carboxylic acid groups (broad SMARTS) is 1. The monoisotopic (exact) mass is 287 g/mol. The summed E-state index contributed by atoms with van der Waals surface area (Å²) in [6, 6.07) is 3.50. The van der Waals surface area contributed by atoms with Gasteiger partial charge in [0.05, 0.1) is 12.1 Å². The van der Waals surface area contributed by atoms with Crippen LogP contribution in [0.15, 0.2) is 12.1 Å². The van der Waals surface area contributed by atoms with Crippen LogP contribution in [0.2, 0.25) is 5.02 Å². The van der Waals surface area contributed by atoms with Gasteiger partial charge in [0.15, 0.2) is 17.6 Å². The van der Waals surface area contributed by atoms with E-state index in [2.05, 4.69) is 5.32 Å². The molecule has 0 bridgehead atoms. The van der Waals surface area contributed by atoms with E-state index in [4.69, 9.17) is 26.2 Å². The van der Waals surface area contributed by atoms with E-state index in [1.54, 1.807) is 19.1 Å². The van der Waals surface area contributed by atoms with Gasteiger partial charge in [-0.2, -0.15) is 0 Å². The maximum atomic E-state index is 11.0. The highest BCUT2D eigenvalue weighted by atomic mass is 35.5. The first kappa shape index (κ1) is 15.6. The molecular formula is C13H18ClNO4. The molecular weight excluding hydrogens is 270 g/mol. The van der Waals surface area contributed by atoms with Crippen molar-refractivity contribution in [2.75, 3.05) is 14.2 Å². The van der Waals surface area contributed by atoms with E-state index in [-0.39, 0.29) is 5.75 Å². The van der Waals surface area contributed by atoms with Gasteiger partial charge in [-0.25, -0.2) is 4.79 Å². The molecule has 0 fully saturated rings. The van der Waals surface area contributed by atoms with E-state index in [0.29, 0.717) is 23.7 Å². The smallest absolute Gasteiger partial charge is 0.344 e. The van der Waals surface area contributed by atoms with Crippen molar-refractivity contribution in [3.8, 4) is 11.5 Å². The Hall–Kier alpha value is -1.46. The molecule has 6 heteroatoms. The third-order valence-corrected chi connectivity index (χ3v) is 2.86. The second-order valence-corrected chi connectivity index (χ2v) is 4.40. The Labute approximate surface area is 117 Å². The zero-order chi connectivity index (χ0) is 14.4. The second kappa shape index (κ2) is 7.21. The molecule has 106 valence electrons. The summed E-state index contributed by atoms with van der Waals surface area (Å²) < 4.78 is 10.6. The predicted molar refractivity (Wildman–Crippen MR) is 73.1 cm³/mol. The van der Waals surface area contributed by atoms with Crippen LogP contribution in [0.3, 0.4) is 0 Å². The number of benzene rings is 1. The average molecular weight is 288 g/mol. The normalized spacial score (nSPS) is 12.0. The van der Waals surface area contributed by atoms with Crippen LogP contribution in [0.4, 0.5) is 0 Å². The molecule has 0 heterocycles. The topological polar surface area (TPSA) is 67.8 Å². The SMILES string of the molecule is CCC(Oc1c(Cl)cc(CNC)cc1OC)C(=O)O. The fourth-order valence-corrected chi connectivity index (χ4v) is 1.92. The van der Waals surface area contributed by atoms with E-state index in [1.165, 1.54) is 7.11 Å². The summed E-state index contributed by atoms with van der Waals surface area (Å²) in [5.74, 6) is -0.337. The van der Waals surface area contributed by atoms with Crippen molar-refractivity contribution in [3.05, 3.63) is 22.7 Å². The zero-order valence-corrected chi connectivity index (χ0v) is 12.0. The molecule has 0 amide bonds. The molecule has 1 unspecified atom stereocenters. The van der Waals surface area contributed by atoms with Crippen LogP contribution in [0.25, 0.3) is 0 Å². The number of hydrogen-bond acceptors (Lipinski definition) is 4. The first-order chi connectivity index (χ1) is 9.03. The van der Waals surface area contributed by atoms with Gasteiger partial charge in [-0.05, 0) is 31.2 Å². The molecule has 0 aliphatic heterocycles. The lowest BCUT2D eigenvalue weighted by Crippen LogP contribution is -2.26. The minimum atomic E-state index is -1.03. The summed E-state index contributed by atoms with van der Waals surface area (Å²) in [6.45, 7) is 2.36. The molecule has 0 aromatic heterocycles. The Morgan fingerprint density at radius 3 is 2.68 bits per heavy atom. The number of carboxylic acids is 1. The lowest BCUT2D eigenvalue weighted by atomic mass is 10.2. The number of ether oxygens (including phenoxy) is 2. The van der Waals surface area contributed by atoms with Crippen molar-refractivity contribution in [2.45, 2.75) is 26.0 Å². The summed E-state index contributed by atoms with van der Waals surface area (Å²) in [5.41, 5.74) is 0.931. The summed E-state index contributed by atoms with van der Waals surface area (Å²) in [6.07, 6.45) is -0.603. The number of carbonyl (C=O) groups is 1. The largest absolute Gasteiger partial charge is 0.493 e. The Kier molecular flexibility index (Phi) is 5.92. The molecule has 1 aromatic rings. The van der Waals surface area contributed by atoms with Crippen LogP contribution in [-0.4, -0.2) is 31.3 Å². The summed E-state index contributed by atoms with van der Waals surface area (Å²) in [7, 11) is 3.31. The lowest BCUT2D eigenvalue weighted by molar-refractivity contribution is -0.145. The van der Waals surface area contributed by atoms with Crippen molar-refractivity contribution < 1.29 is 19.4 Å². The van der Waals surface area contributed by atoms with Crippen LogP contribution < -0.4 is 14.8 Å². The molecule has 0 aliphatic rings. The van der Waals surface area contributed by atoms with Gasteiger partial charge in [0.25, 0.3) is 0 Å². The Balaban J connectivity index is 3.08. The number of nitrogens with one attached hydrogen (secondary N) is 1. The first-order valence-corrected chi connectivity index (χ1v) is 6.31. The van der Waals surface area contributed by atoms with E-state index < -0.39 is 12.1 Å². The van der Waals surface area contributed by atoms with Crippen LogP contribution in [0.1, 0.15) is 18.9 Å². The molecule has 0 saturated heterocycles. The van der Waals surface area contributed by atoms with Gasteiger partial charge in [-0.3, -0.25) is 0 Å². The molecule has 0 spiro atoms. The minimum absolute atomic E-state index is 0.262. The van der Waals surface area contributed by atoms with Crippen molar-refractivity contribution in [2.24, 2.45) is 0 Å². The zero-order valence-electron chi connectivity index (χ0n) is 11.2. The maximum absolute atomic E-state index is 11.0. The lowest BCUT2D eigenvalue weighted by Gasteiger charge is -2.18. The van der Waals surface area contributed by atoms with Crippen LogP contribution in [-0.2, 0) is 11.3 Å². The number of rotatable bonds is 7. The molecule has 0 saturated carbocycles. The van der Waals surface area contributed by atoms with Gasteiger partial charge >= 0.3 is 5.97 Å². The van der Waals surface area contributed by atoms with Crippen LogP contribution in [0, 0.1) is 0 Å². The highest BCUT2D eigenvalue weighted by Crippen LogP contribution is 2.37. The highest BCUT2D eigenvalue weighted by molar-refractivity contribution is 6.32. The van der Waals surface area contributed by atoms with Gasteiger partial charge in [-0.15, -0.1) is 0 Å². The Bertz CT molecular complexity index is 451. The number of hydrogen-bond donors (Lipinski definition) is 2. The van der Waals surface area contributed by atoms with E-state index in [9.17, 15) is 4.79 Å². The number of aliphatic carboxylic acids is 1. The van der Waals surface area contributed by atoms with E-state index in [1.807, 2.05) is 7.05 Å².